The van der Waals surface area contributed by atoms with Crippen LogP contribution in [0.4, 0.5) is 36.8 Å². The summed E-state index contributed by atoms with van der Waals surface area (Å²) in [5.41, 5.74) is -8.89. The lowest BCUT2D eigenvalue weighted by molar-refractivity contribution is -0.136. The zero-order valence-corrected chi connectivity index (χ0v) is 17.2. The minimum absolute atomic E-state index is 0.0213. The molecule has 0 saturated carbocycles. The highest BCUT2D eigenvalue weighted by atomic mass is 32.2. The van der Waals surface area contributed by atoms with Gasteiger partial charge in [0.05, 0.1) is 5.56 Å². The van der Waals surface area contributed by atoms with E-state index in [9.17, 15) is 39.6 Å². The summed E-state index contributed by atoms with van der Waals surface area (Å²) in [5, 5.41) is 9.05. The molecule has 33 heavy (non-hydrogen) atoms. The second-order valence-electron chi connectivity index (χ2n) is 6.80. The molecule has 180 valence electrons. The molecule has 2 heterocycles. The third-order valence-corrected chi connectivity index (χ3v) is 5.67. The van der Waals surface area contributed by atoms with Gasteiger partial charge in [-0.3, -0.25) is 0 Å². The van der Waals surface area contributed by atoms with Crippen molar-refractivity contribution in [3.05, 3.63) is 42.1 Å². The zero-order chi connectivity index (χ0) is 24.6. The second-order valence-corrected chi connectivity index (χ2v) is 8.34. The normalized spacial score (nSPS) is 15.5. The van der Waals surface area contributed by atoms with Crippen molar-refractivity contribution in [1.82, 2.24) is 9.88 Å². The SMILES string of the molecule is O=C(O)N1CCN(c2c(OS(=O)(=O)C(F)(F)F)ncc(-c3ccccc3)c2C(F)(F)F)CC1. The first-order valence-electron chi connectivity index (χ1n) is 9.11. The molecule has 8 nitrogen and oxygen atoms in total. The minimum atomic E-state index is -6.34. The number of anilines is 1. The molecule has 1 aliphatic heterocycles. The Bertz CT molecular complexity index is 1130. The highest BCUT2D eigenvalue weighted by Gasteiger charge is 2.50. The van der Waals surface area contributed by atoms with E-state index in [1.807, 2.05) is 0 Å². The number of rotatable bonds is 4. The summed E-state index contributed by atoms with van der Waals surface area (Å²) < 4.78 is 108. The predicted molar refractivity (Wildman–Crippen MR) is 102 cm³/mol. The van der Waals surface area contributed by atoms with Gasteiger partial charge in [-0.2, -0.15) is 34.8 Å². The van der Waals surface area contributed by atoms with Gasteiger partial charge in [-0.15, -0.1) is 0 Å². The van der Waals surface area contributed by atoms with Crippen molar-refractivity contribution < 1.29 is 48.8 Å². The number of aromatic nitrogens is 1. The average molecular weight is 499 g/mol. The van der Waals surface area contributed by atoms with E-state index in [-0.39, 0.29) is 31.7 Å². The molecule has 0 bridgehead atoms. The molecule has 0 aliphatic carbocycles. The van der Waals surface area contributed by atoms with E-state index in [0.29, 0.717) is 6.20 Å². The van der Waals surface area contributed by atoms with Crippen molar-refractivity contribution in [3.8, 4) is 17.0 Å². The van der Waals surface area contributed by atoms with Crippen LogP contribution in [0.15, 0.2) is 36.5 Å². The zero-order valence-electron chi connectivity index (χ0n) is 16.4. The molecule has 1 saturated heterocycles. The number of hydrogen-bond donors (Lipinski definition) is 1. The Kier molecular flexibility index (Phi) is 6.37. The Labute approximate surface area is 183 Å². The Hall–Kier alpha value is -3.23. The van der Waals surface area contributed by atoms with Gasteiger partial charge in [0.15, 0.2) is 0 Å². The summed E-state index contributed by atoms with van der Waals surface area (Å²) in [4.78, 5) is 16.4. The van der Waals surface area contributed by atoms with Gasteiger partial charge >= 0.3 is 27.9 Å². The summed E-state index contributed by atoms with van der Waals surface area (Å²) in [5.74, 6) is -1.41. The quantitative estimate of drug-likeness (QED) is 0.388. The van der Waals surface area contributed by atoms with Crippen LogP contribution < -0.4 is 9.08 Å². The molecule has 1 fully saturated rings. The van der Waals surface area contributed by atoms with Crippen molar-refractivity contribution in [1.29, 1.82) is 0 Å². The van der Waals surface area contributed by atoms with Crippen molar-refractivity contribution in [2.24, 2.45) is 0 Å². The van der Waals surface area contributed by atoms with E-state index in [1.165, 1.54) is 30.3 Å². The highest BCUT2D eigenvalue weighted by molar-refractivity contribution is 7.88. The number of halogens is 6. The van der Waals surface area contributed by atoms with Crippen molar-refractivity contribution in [2.45, 2.75) is 11.7 Å². The lowest BCUT2D eigenvalue weighted by atomic mass is 9.99. The minimum Gasteiger partial charge on any atom is -0.465 e. The molecule has 0 unspecified atom stereocenters. The van der Waals surface area contributed by atoms with Gasteiger partial charge in [0.25, 0.3) is 5.88 Å². The number of piperazine rings is 1. The number of hydrogen-bond acceptors (Lipinski definition) is 6. The molecule has 1 aliphatic rings. The van der Waals surface area contributed by atoms with Gasteiger partial charge in [0.1, 0.15) is 5.69 Å². The van der Waals surface area contributed by atoms with Gasteiger partial charge in [-0.25, -0.2) is 9.78 Å². The molecular formula is C18H15F6N3O5S. The number of benzene rings is 1. The summed E-state index contributed by atoms with van der Waals surface area (Å²) in [6.07, 6.45) is -5.91. The Balaban J connectivity index is 2.23. The summed E-state index contributed by atoms with van der Waals surface area (Å²) in [6.45, 7) is -1.32. The molecule has 1 aromatic carbocycles. The maximum absolute atomic E-state index is 14.2. The largest absolute Gasteiger partial charge is 0.534 e. The van der Waals surface area contributed by atoms with E-state index in [4.69, 9.17) is 5.11 Å². The first-order chi connectivity index (χ1) is 15.2. The second kappa shape index (κ2) is 8.61. The number of amides is 1. The maximum Gasteiger partial charge on any atom is 0.534 e. The molecule has 0 spiro atoms. The number of nitrogens with zero attached hydrogens (tertiary/aromatic N) is 3. The molecule has 2 aromatic rings. The monoisotopic (exact) mass is 499 g/mol. The van der Waals surface area contributed by atoms with Gasteiger partial charge in [-0.05, 0) is 5.56 Å². The number of carbonyl (C=O) groups is 1. The lowest BCUT2D eigenvalue weighted by Gasteiger charge is -2.36. The molecule has 1 amide bonds. The van der Waals surface area contributed by atoms with Crippen LogP contribution in [0.5, 0.6) is 5.88 Å². The Morgan fingerprint density at radius 2 is 1.58 bits per heavy atom. The number of carboxylic acid groups (broad SMARTS) is 1. The smallest absolute Gasteiger partial charge is 0.465 e. The fourth-order valence-corrected chi connectivity index (χ4v) is 3.66. The van der Waals surface area contributed by atoms with E-state index in [0.717, 1.165) is 9.80 Å². The van der Waals surface area contributed by atoms with Crippen LogP contribution in [-0.4, -0.2) is 61.2 Å². The van der Waals surface area contributed by atoms with Crippen LogP contribution in [0.1, 0.15) is 5.56 Å². The van der Waals surface area contributed by atoms with Crippen molar-refractivity contribution in [3.63, 3.8) is 0 Å². The fourth-order valence-electron chi connectivity index (χ4n) is 3.23. The van der Waals surface area contributed by atoms with Crippen molar-refractivity contribution in [2.75, 3.05) is 31.1 Å². The van der Waals surface area contributed by atoms with E-state index >= 15 is 0 Å². The number of alkyl halides is 6. The van der Waals surface area contributed by atoms with Gasteiger partial charge in [0, 0.05) is 37.9 Å². The van der Waals surface area contributed by atoms with Crippen LogP contribution in [0.25, 0.3) is 11.1 Å². The van der Waals surface area contributed by atoms with E-state index < -0.39 is 50.6 Å². The molecule has 0 radical (unpaired) electrons. The first kappa shape index (κ1) is 24.4. The fraction of sp³-hybridized carbons (Fsp3) is 0.333. The third-order valence-electron chi connectivity index (χ3n) is 4.73. The van der Waals surface area contributed by atoms with E-state index in [1.54, 1.807) is 0 Å². The van der Waals surface area contributed by atoms with Gasteiger partial charge < -0.3 is 19.1 Å². The van der Waals surface area contributed by atoms with Crippen LogP contribution >= 0.6 is 0 Å². The number of pyridine rings is 1. The summed E-state index contributed by atoms with van der Waals surface area (Å²) in [7, 11) is -6.34. The van der Waals surface area contributed by atoms with Crippen molar-refractivity contribution >= 4 is 21.9 Å². The Morgan fingerprint density at radius 3 is 2.06 bits per heavy atom. The Morgan fingerprint density at radius 1 is 1.00 bits per heavy atom. The molecule has 1 aromatic heterocycles. The standard InChI is InChI=1S/C18H15F6N3O5S/c19-17(20,21)13-12(11-4-2-1-3-5-11)10-25-15(32-33(30,31)18(22,23)24)14(13)26-6-8-27(9-7-26)16(28)29/h1-5,10H,6-9H2,(H,28,29). The highest BCUT2D eigenvalue weighted by Crippen LogP contribution is 2.47. The third kappa shape index (κ3) is 5.07. The van der Waals surface area contributed by atoms with E-state index in [2.05, 4.69) is 9.17 Å². The lowest BCUT2D eigenvalue weighted by Crippen LogP contribution is -2.49. The molecule has 0 atom stereocenters. The van der Waals surface area contributed by atoms with Crippen LogP contribution in [0.2, 0.25) is 0 Å². The van der Waals surface area contributed by atoms with Gasteiger partial charge in [0.2, 0.25) is 0 Å². The average Bonchev–Trinajstić information content (AvgIpc) is 2.72. The summed E-state index contributed by atoms with van der Waals surface area (Å²) in [6, 6.07) is 7.01. The maximum atomic E-state index is 14.2. The van der Waals surface area contributed by atoms with Gasteiger partial charge in [-0.1, -0.05) is 30.3 Å². The van der Waals surface area contributed by atoms with Crippen LogP contribution in [0.3, 0.4) is 0 Å². The molecule has 15 heteroatoms. The predicted octanol–water partition coefficient (Wildman–Crippen LogP) is 3.80. The topological polar surface area (TPSA) is 100 Å². The van der Waals surface area contributed by atoms with Crippen LogP contribution in [0, 0.1) is 0 Å². The van der Waals surface area contributed by atoms with Crippen LogP contribution in [-0.2, 0) is 16.3 Å². The first-order valence-corrected chi connectivity index (χ1v) is 10.5. The molecular weight excluding hydrogens is 484 g/mol. The molecule has 3 rings (SSSR count). The summed E-state index contributed by atoms with van der Waals surface area (Å²) >= 11 is 0. The molecule has 1 N–H and O–H groups in total.